The molecule has 0 amide bonds. The first kappa shape index (κ1) is 42.4. The second-order valence-corrected chi connectivity index (χ2v) is 19.2. The largest absolute Gasteiger partial charge is 0.310 e. The van der Waals surface area contributed by atoms with Gasteiger partial charge in [0.25, 0.3) is 0 Å². The lowest BCUT2D eigenvalue weighted by molar-refractivity contribution is 0.793. The first-order chi connectivity index (χ1) is 36.2. The second-order valence-electron chi connectivity index (χ2n) is 19.2. The van der Waals surface area contributed by atoms with Gasteiger partial charge in [0.1, 0.15) is 0 Å². The van der Waals surface area contributed by atoms with E-state index in [0.29, 0.717) is 0 Å². The molecular formula is C71H48N2. The van der Waals surface area contributed by atoms with Gasteiger partial charge in [-0.15, -0.1) is 0 Å². The van der Waals surface area contributed by atoms with E-state index in [1.165, 1.54) is 83.1 Å². The molecule has 73 heavy (non-hydrogen) atoms. The van der Waals surface area contributed by atoms with Gasteiger partial charge in [0.2, 0.25) is 0 Å². The van der Waals surface area contributed by atoms with Gasteiger partial charge in [0.15, 0.2) is 0 Å². The van der Waals surface area contributed by atoms with Gasteiger partial charge < -0.3 is 9.80 Å². The summed E-state index contributed by atoms with van der Waals surface area (Å²) in [5, 5.41) is 2.40. The SMILES string of the molecule is c1ccc(-c2ccc(-c3cc4ccccc4cc3N(c3ccccc3)c3ccc4c(c3)C3(c5ccccc5-c5ccc(N(c6ccccc6)c6ccccc6-c6ccccc6)cc53)c3ccccc3-4)cc2)cc1. The molecule has 12 aromatic carbocycles. The molecular weight excluding hydrogens is 881 g/mol. The van der Waals surface area contributed by atoms with Crippen LogP contribution in [0.5, 0.6) is 0 Å². The fraction of sp³-hybridized carbons (Fsp3) is 0.0141. The van der Waals surface area contributed by atoms with Crippen molar-refractivity contribution in [3.05, 3.63) is 313 Å². The maximum Gasteiger partial charge on any atom is 0.0727 e. The average molecular weight is 929 g/mol. The van der Waals surface area contributed by atoms with Crippen LogP contribution in [0, 0.1) is 0 Å². The van der Waals surface area contributed by atoms with Crippen LogP contribution in [0.4, 0.5) is 34.1 Å². The van der Waals surface area contributed by atoms with E-state index in [9.17, 15) is 0 Å². The van der Waals surface area contributed by atoms with Crippen LogP contribution >= 0.6 is 0 Å². The predicted octanol–water partition coefficient (Wildman–Crippen LogP) is 19.1. The third-order valence-electron chi connectivity index (χ3n) is 15.2. The smallest absolute Gasteiger partial charge is 0.0727 e. The summed E-state index contributed by atoms with van der Waals surface area (Å²) >= 11 is 0. The minimum absolute atomic E-state index is 0.618. The molecule has 2 nitrogen and oxygen atoms in total. The van der Waals surface area contributed by atoms with E-state index >= 15 is 0 Å². The number of rotatable bonds is 9. The van der Waals surface area contributed by atoms with E-state index in [1.54, 1.807) is 0 Å². The number of benzene rings is 12. The van der Waals surface area contributed by atoms with Crippen molar-refractivity contribution >= 4 is 44.9 Å². The molecule has 0 saturated heterocycles. The molecule has 0 aromatic heterocycles. The molecule has 2 heteroatoms. The Bertz CT molecular complexity index is 4000. The fourth-order valence-corrected chi connectivity index (χ4v) is 12.0. The van der Waals surface area contributed by atoms with Crippen LogP contribution in [0.2, 0.25) is 0 Å². The lowest BCUT2D eigenvalue weighted by Gasteiger charge is -2.34. The number of nitrogens with zero attached hydrogens (tertiary/aromatic N) is 2. The van der Waals surface area contributed by atoms with Crippen LogP contribution in [0.1, 0.15) is 22.3 Å². The molecule has 14 rings (SSSR count). The maximum atomic E-state index is 2.51. The van der Waals surface area contributed by atoms with E-state index in [4.69, 9.17) is 0 Å². The van der Waals surface area contributed by atoms with Crippen LogP contribution in [-0.4, -0.2) is 0 Å². The molecule has 0 N–H and O–H groups in total. The van der Waals surface area contributed by atoms with Crippen molar-refractivity contribution in [3.63, 3.8) is 0 Å². The van der Waals surface area contributed by atoms with Crippen molar-refractivity contribution < 1.29 is 0 Å². The Morgan fingerprint density at radius 3 is 1.15 bits per heavy atom. The third kappa shape index (κ3) is 6.87. The summed E-state index contributed by atoms with van der Waals surface area (Å²) in [6, 6.07) is 107. The molecule has 2 aliphatic carbocycles. The highest BCUT2D eigenvalue weighted by Crippen LogP contribution is 2.64. The van der Waals surface area contributed by atoms with Gasteiger partial charge in [-0.05, 0) is 144 Å². The van der Waals surface area contributed by atoms with Crippen molar-refractivity contribution in [2.45, 2.75) is 5.41 Å². The quantitative estimate of drug-likeness (QED) is 0.142. The Hall–Kier alpha value is -9.50. The summed E-state index contributed by atoms with van der Waals surface area (Å²) in [4.78, 5) is 4.93. The van der Waals surface area contributed by atoms with Crippen molar-refractivity contribution in [2.24, 2.45) is 0 Å². The van der Waals surface area contributed by atoms with Crippen molar-refractivity contribution in [1.82, 2.24) is 0 Å². The van der Waals surface area contributed by atoms with E-state index in [2.05, 4.69) is 301 Å². The molecule has 12 aromatic rings. The maximum absolute atomic E-state index is 2.51. The van der Waals surface area contributed by atoms with Gasteiger partial charge in [0, 0.05) is 33.9 Å². The summed E-state index contributed by atoms with van der Waals surface area (Å²) in [6.07, 6.45) is 0. The van der Waals surface area contributed by atoms with Gasteiger partial charge in [-0.3, -0.25) is 0 Å². The van der Waals surface area contributed by atoms with Gasteiger partial charge in [-0.1, -0.05) is 224 Å². The summed E-state index contributed by atoms with van der Waals surface area (Å²) in [5.41, 5.74) is 23.3. The zero-order chi connectivity index (χ0) is 48.3. The minimum Gasteiger partial charge on any atom is -0.310 e. The number of anilines is 6. The average Bonchev–Trinajstić information content (AvgIpc) is 3.94. The molecule has 0 fully saturated rings. The van der Waals surface area contributed by atoms with Gasteiger partial charge in [0.05, 0.1) is 16.8 Å². The summed E-state index contributed by atoms with van der Waals surface area (Å²) in [5.74, 6) is 0. The van der Waals surface area contributed by atoms with E-state index in [0.717, 1.165) is 39.7 Å². The second kappa shape index (κ2) is 17.4. The van der Waals surface area contributed by atoms with Crippen molar-refractivity contribution in [1.29, 1.82) is 0 Å². The molecule has 1 atom stereocenters. The predicted molar refractivity (Wildman–Crippen MR) is 306 cm³/mol. The molecule has 1 unspecified atom stereocenters. The van der Waals surface area contributed by atoms with Crippen LogP contribution in [0.3, 0.4) is 0 Å². The monoisotopic (exact) mass is 928 g/mol. The van der Waals surface area contributed by atoms with Crippen LogP contribution in [0.15, 0.2) is 291 Å². The third-order valence-corrected chi connectivity index (χ3v) is 15.2. The lowest BCUT2D eigenvalue weighted by Crippen LogP contribution is -2.26. The van der Waals surface area contributed by atoms with Crippen molar-refractivity contribution in [3.8, 4) is 55.6 Å². The molecule has 0 bridgehead atoms. The first-order valence-electron chi connectivity index (χ1n) is 25.2. The normalized spacial score (nSPS) is 13.8. The van der Waals surface area contributed by atoms with E-state index in [1.807, 2.05) is 0 Å². The zero-order valence-corrected chi connectivity index (χ0v) is 40.1. The topological polar surface area (TPSA) is 6.48 Å². The Kier molecular flexibility index (Phi) is 10.1. The Balaban J connectivity index is 1.01. The van der Waals surface area contributed by atoms with E-state index < -0.39 is 5.41 Å². The molecule has 2 aliphatic rings. The van der Waals surface area contributed by atoms with Gasteiger partial charge >= 0.3 is 0 Å². The molecule has 0 heterocycles. The molecule has 0 radical (unpaired) electrons. The lowest BCUT2D eigenvalue weighted by atomic mass is 9.70. The van der Waals surface area contributed by atoms with Crippen molar-refractivity contribution in [2.75, 3.05) is 9.80 Å². The van der Waals surface area contributed by atoms with Crippen LogP contribution < -0.4 is 9.80 Å². The minimum atomic E-state index is -0.618. The highest BCUT2D eigenvalue weighted by molar-refractivity contribution is 6.01. The Morgan fingerprint density at radius 1 is 0.205 bits per heavy atom. The zero-order valence-electron chi connectivity index (χ0n) is 40.1. The number of hydrogen-bond acceptors (Lipinski definition) is 2. The van der Waals surface area contributed by atoms with Gasteiger partial charge in [-0.25, -0.2) is 0 Å². The molecule has 1 spiro atoms. The Morgan fingerprint density at radius 2 is 0.589 bits per heavy atom. The molecule has 342 valence electrons. The van der Waals surface area contributed by atoms with E-state index in [-0.39, 0.29) is 0 Å². The van der Waals surface area contributed by atoms with Gasteiger partial charge in [-0.2, -0.15) is 0 Å². The summed E-state index contributed by atoms with van der Waals surface area (Å²) in [7, 11) is 0. The highest BCUT2D eigenvalue weighted by Gasteiger charge is 2.52. The number of fused-ring (bicyclic) bond motifs is 11. The van der Waals surface area contributed by atoms with Crippen LogP contribution in [0.25, 0.3) is 66.4 Å². The number of hydrogen-bond donors (Lipinski definition) is 0. The first-order valence-corrected chi connectivity index (χ1v) is 25.2. The Labute approximate surface area is 427 Å². The standard InChI is InChI=1S/C71H48N2/c1-5-21-49(22-6-1)50-37-39-52(40-38-50)64-45-53-25-13-14-26-54(53)46-70(64)73(56-29-11-4-12-30-56)58-42-44-63-61-33-16-19-35-66(61)71(68(63)48-58)65-34-18-15-32-60(65)62-43-41-57(47-67(62)71)72(55-27-9-3-10-28-55)69-36-20-17-31-59(69)51-23-7-2-8-24-51/h1-48H. The fourth-order valence-electron chi connectivity index (χ4n) is 12.0. The summed E-state index contributed by atoms with van der Waals surface area (Å²) in [6.45, 7) is 0. The molecule has 0 saturated carbocycles. The highest BCUT2D eigenvalue weighted by atomic mass is 15.2. The molecule has 0 aliphatic heterocycles. The summed E-state index contributed by atoms with van der Waals surface area (Å²) < 4.78 is 0. The van der Waals surface area contributed by atoms with Crippen LogP contribution in [-0.2, 0) is 5.41 Å². The number of para-hydroxylation sites is 3.